The van der Waals surface area contributed by atoms with E-state index in [9.17, 15) is 5.26 Å². The first-order valence-electron chi connectivity index (χ1n) is 9.66. The lowest BCUT2D eigenvalue weighted by Crippen LogP contribution is -2.00. The molecule has 0 aliphatic heterocycles. The average molecular weight is 406 g/mol. The van der Waals surface area contributed by atoms with Crippen LogP contribution in [0.4, 0.5) is 11.5 Å². The molecule has 0 atom stereocenters. The number of benzene rings is 3. The summed E-state index contributed by atoms with van der Waals surface area (Å²) in [5, 5.41) is 12.6. The number of nitrogens with zero attached hydrogens (tertiary/aromatic N) is 2. The standard InChI is InChI=1S/C25H18N4O2/c1-30-16-9-6-15(7-10-16)18-12-20(29-25(28)19(18)13-26)24-23(27)22-17-5-3-2-4-14(17)8-11-21(22)31-24/h2-12H,27H2,1H3,(H2,28,29). The maximum atomic E-state index is 9.67. The fraction of sp³-hybridized carbons (Fsp3) is 0.0400. The quantitative estimate of drug-likeness (QED) is 0.417. The number of hydrogen-bond acceptors (Lipinski definition) is 6. The molecular formula is C25H18N4O2. The van der Waals surface area contributed by atoms with Gasteiger partial charge in [0.2, 0.25) is 0 Å². The molecule has 31 heavy (non-hydrogen) atoms. The van der Waals surface area contributed by atoms with Gasteiger partial charge in [0.05, 0.1) is 18.2 Å². The van der Waals surface area contributed by atoms with Crippen LogP contribution in [0.15, 0.2) is 71.1 Å². The average Bonchev–Trinajstić information content (AvgIpc) is 3.15. The van der Waals surface area contributed by atoms with Crippen molar-refractivity contribution in [1.29, 1.82) is 5.26 Å². The third kappa shape index (κ3) is 2.92. The number of pyridine rings is 1. The maximum Gasteiger partial charge on any atom is 0.176 e. The lowest BCUT2D eigenvalue weighted by Gasteiger charge is -2.10. The number of fused-ring (bicyclic) bond motifs is 3. The van der Waals surface area contributed by atoms with E-state index in [-0.39, 0.29) is 5.82 Å². The van der Waals surface area contributed by atoms with Crippen LogP contribution < -0.4 is 16.2 Å². The molecule has 0 unspecified atom stereocenters. The number of rotatable bonds is 3. The molecule has 0 fully saturated rings. The molecule has 0 saturated heterocycles. The topological polar surface area (TPSA) is 111 Å². The van der Waals surface area contributed by atoms with Gasteiger partial charge in [0.1, 0.15) is 34.5 Å². The van der Waals surface area contributed by atoms with Crippen LogP contribution in [0.1, 0.15) is 5.56 Å². The zero-order chi connectivity index (χ0) is 21.5. The van der Waals surface area contributed by atoms with E-state index in [1.165, 1.54) is 0 Å². The van der Waals surface area contributed by atoms with Crippen molar-refractivity contribution in [3.63, 3.8) is 0 Å². The normalized spacial score (nSPS) is 11.0. The van der Waals surface area contributed by atoms with Gasteiger partial charge >= 0.3 is 0 Å². The Morgan fingerprint density at radius 2 is 1.77 bits per heavy atom. The Bertz CT molecular complexity index is 1490. The summed E-state index contributed by atoms with van der Waals surface area (Å²) in [5.41, 5.74) is 16.1. The molecule has 5 rings (SSSR count). The first-order chi connectivity index (χ1) is 15.1. The summed E-state index contributed by atoms with van der Waals surface area (Å²) in [5.74, 6) is 1.27. The lowest BCUT2D eigenvalue weighted by molar-refractivity contribution is 0.415. The Kier molecular flexibility index (Phi) is 4.23. The van der Waals surface area contributed by atoms with E-state index < -0.39 is 0 Å². The summed E-state index contributed by atoms with van der Waals surface area (Å²) in [7, 11) is 1.60. The highest BCUT2D eigenvalue weighted by molar-refractivity contribution is 6.14. The van der Waals surface area contributed by atoms with Gasteiger partial charge in [0.25, 0.3) is 0 Å². The van der Waals surface area contributed by atoms with E-state index in [2.05, 4.69) is 11.1 Å². The summed E-state index contributed by atoms with van der Waals surface area (Å²) in [6, 6.07) is 23.2. The van der Waals surface area contributed by atoms with E-state index in [4.69, 9.17) is 20.6 Å². The van der Waals surface area contributed by atoms with Crippen LogP contribution in [0.5, 0.6) is 5.75 Å². The fourth-order valence-electron chi connectivity index (χ4n) is 3.88. The van der Waals surface area contributed by atoms with Gasteiger partial charge in [-0.15, -0.1) is 0 Å². The molecule has 0 bridgehead atoms. The van der Waals surface area contributed by atoms with Crippen molar-refractivity contribution in [2.24, 2.45) is 0 Å². The van der Waals surface area contributed by atoms with Crippen LogP contribution in [0, 0.1) is 11.3 Å². The second kappa shape index (κ2) is 7.08. The predicted molar refractivity (Wildman–Crippen MR) is 122 cm³/mol. The Hall–Kier alpha value is -4.50. The Labute approximate surface area is 178 Å². The van der Waals surface area contributed by atoms with Crippen molar-refractivity contribution < 1.29 is 9.15 Å². The summed E-state index contributed by atoms with van der Waals surface area (Å²) in [4.78, 5) is 4.43. The number of hydrogen-bond donors (Lipinski definition) is 2. The highest BCUT2D eigenvalue weighted by Gasteiger charge is 2.20. The smallest absolute Gasteiger partial charge is 0.176 e. The predicted octanol–water partition coefficient (Wildman–Crippen LogP) is 5.36. The van der Waals surface area contributed by atoms with Gasteiger partial charge in [-0.3, -0.25) is 0 Å². The maximum absolute atomic E-state index is 9.67. The Morgan fingerprint density at radius 1 is 1.00 bits per heavy atom. The molecule has 3 aromatic carbocycles. The van der Waals surface area contributed by atoms with Gasteiger partial charge in [0.15, 0.2) is 5.76 Å². The number of nitriles is 1. The van der Waals surface area contributed by atoms with Gasteiger partial charge in [-0.25, -0.2) is 4.98 Å². The minimum Gasteiger partial charge on any atom is -0.497 e. The molecule has 0 radical (unpaired) electrons. The van der Waals surface area contributed by atoms with E-state index in [1.54, 1.807) is 13.2 Å². The molecule has 2 heterocycles. The number of aromatic nitrogens is 1. The zero-order valence-corrected chi connectivity index (χ0v) is 16.7. The molecule has 2 aromatic heterocycles. The summed E-state index contributed by atoms with van der Waals surface area (Å²) < 4.78 is 11.3. The highest BCUT2D eigenvalue weighted by atomic mass is 16.5. The van der Waals surface area contributed by atoms with Crippen molar-refractivity contribution >= 4 is 33.2 Å². The van der Waals surface area contributed by atoms with Crippen molar-refractivity contribution in [3.8, 4) is 34.4 Å². The number of methoxy groups -OCH3 is 1. The van der Waals surface area contributed by atoms with Crippen LogP contribution in [0.2, 0.25) is 0 Å². The largest absolute Gasteiger partial charge is 0.497 e. The molecule has 4 N–H and O–H groups in total. The van der Waals surface area contributed by atoms with Crippen LogP contribution in [0.25, 0.3) is 44.3 Å². The van der Waals surface area contributed by atoms with Crippen LogP contribution in [0.3, 0.4) is 0 Å². The van der Waals surface area contributed by atoms with E-state index in [1.807, 2.05) is 60.7 Å². The summed E-state index contributed by atoms with van der Waals surface area (Å²) in [6.45, 7) is 0. The number of furan rings is 1. The van der Waals surface area contributed by atoms with Crippen LogP contribution in [-0.2, 0) is 0 Å². The molecular weight excluding hydrogens is 388 g/mol. The SMILES string of the molecule is COc1ccc(-c2cc(-c3oc4ccc5ccccc5c4c3N)nc(N)c2C#N)cc1. The van der Waals surface area contributed by atoms with Crippen LogP contribution in [-0.4, -0.2) is 12.1 Å². The van der Waals surface area contributed by atoms with E-state index in [0.717, 1.165) is 27.5 Å². The van der Waals surface area contributed by atoms with Gasteiger partial charge < -0.3 is 20.6 Å². The minimum atomic E-state index is 0.121. The first kappa shape index (κ1) is 18.5. The van der Waals surface area contributed by atoms with Crippen molar-refractivity contribution in [3.05, 3.63) is 72.3 Å². The summed E-state index contributed by atoms with van der Waals surface area (Å²) in [6.07, 6.45) is 0. The Balaban J connectivity index is 1.75. The second-order valence-electron chi connectivity index (χ2n) is 7.16. The monoisotopic (exact) mass is 406 g/mol. The van der Waals surface area contributed by atoms with E-state index >= 15 is 0 Å². The van der Waals surface area contributed by atoms with Gasteiger partial charge in [0, 0.05) is 5.56 Å². The fourth-order valence-corrected chi connectivity index (χ4v) is 3.88. The number of nitrogen functional groups attached to an aromatic ring is 2. The number of ether oxygens (including phenoxy) is 1. The molecule has 150 valence electrons. The van der Waals surface area contributed by atoms with Crippen LogP contribution >= 0.6 is 0 Å². The van der Waals surface area contributed by atoms with Gasteiger partial charge in [-0.1, -0.05) is 42.5 Å². The number of nitrogens with two attached hydrogens (primary N) is 2. The summed E-state index contributed by atoms with van der Waals surface area (Å²) >= 11 is 0. The zero-order valence-electron chi connectivity index (χ0n) is 16.7. The Morgan fingerprint density at radius 3 is 2.52 bits per heavy atom. The molecule has 0 aliphatic rings. The van der Waals surface area contributed by atoms with Gasteiger partial charge in [-0.2, -0.15) is 5.26 Å². The number of anilines is 2. The second-order valence-corrected chi connectivity index (χ2v) is 7.16. The molecule has 0 aliphatic carbocycles. The molecule has 6 nitrogen and oxygen atoms in total. The molecule has 6 heteroatoms. The van der Waals surface area contributed by atoms with Crippen molar-refractivity contribution in [2.45, 2.75) is 0 Å². The van der Waals surface area contributed by atoms with Crippen molar-refractivity contribution in [1.82, 2.24) is 4.98 Å². The van der Waals surface area contributed by atoms with E-state index in [0.29, 0.717) is 33.9 Å². The highest BCUT2D eigenvalue weighted by Crippen LogP contribution is 2.41. The first-order valence-corrected chi connectivity index (χ1v) is 9.66. The minimum absolute atomic E-state index is 0.121. The third-order valence-corrected chi connectivity index (χ3v) is 5.41. The van der Waals surface area contributed by atoms with Crippen molar-refractivity contribution in [2.75, 3.05) is 18.6 Å². The molecule has 0 saturated carbocycles. The molecule has 5 aromatic rings. The molecule has 0 spiro atoms. The lowest BCUT2D eigenvalue weighted by atomic mass is 9.99. The third-order valence-electron chi connectivity index (χ3n) is 5.41. The van der Waals surface area contributed by atoms with Gasteiger partial charge in [-0.05, 0) is 40.6 Å². The molecule has 0 amide bonds.